The van der Waals surface area contributed by atoms with E-state index in [9.17, 15) is 38.4 Å². The number of imidazole rings is 2. The molecule has 5 heterocycles. The Balaban J connectivity index is 1.05. The van der Waals surface area contributed by atoms with Crippen molar-refractivity contribution in [2.45, 2.75) is 40.0 Å². The third kappa shape index (κ3) is 12.2. The van der Waals surface area contributed by atoms with Gasteiger partial charge in [0.2, 0.25) is 23.5 Å². The maximum absolute atomic E-state index is 13.1. The molecule has 0 unspecified atom stereocenters. The number of aryl methyl sites for hydroxylation is 5. The Kier molecular flexibility index (Phi) is 14.5. The van der Waals surface area contributed by atoms with Crippen molar-refractivity contribution in [2.24, 2.45) is 40.7 Å². The minimum absolute atomic E-state index is 0.00946. The molecule has 334 valence electrons. The van der Waals surface area contributed by atoms with Crippen LogP contribution in [0.25, 0.3) is 0 Å². The molecule has 63 heavy (non-hydrogen) atoms. The average Bonchev–Trinajstić information content (AvgIpc) is 4.03. The van der Waals surface area contributed by atoms with E-state index in [1.807, 2.05) is 20.8 Å². The number of amides is 7. The highest BCUT2D eigenvalue weighted by Gasteiger charge is 2.23. The number of nitrogens with zero attached hydrogens (tertiary/aromatic N) is 7. The summed E-state index contributed by atoms with van der Waals surface area (Å²) in [6.07, 6.45) is 7.81. The van der Waals surface area contributed by atoms with Crippen molar-refractivity contribution < 1.29 is 38.4 Å². The van der Waals surface area contributed by atoms with Crippen LogP contribution < -0.4 is 37.2 Å². The highest BCUT2D eigenvalue weighted by atomic mass is 16.2. The van der Waals surface area contributed by atoms with Crippen LogP contribution in [0.3, 0.4) is 0 Å². The van der Waals surface area contributed by atoms with Crippen molar-refractivity contribution in [1.82, 2.24) is 48.8 Å². The summed E-state index contributed by atoms with van der Waals surface area (Å²) in [5.74, 6) is -3.00. The zero-order chi connectivity index (χ0) is 46.2. The molecule has 5 rings (SSSR count). The van der Waals surface area contributed by atoms with Gasteiger partial charge < -0.3 is 60.1 Å². The summed E-state index contributed by atoms with van der Waals surface area (Å²) in [7, 11) is 8.15. The fourth-order valence-electron chi connectivity index (χ4n) is 6.19. The van der Waals surface area contributed by atoms with Gasteiger partial charge in [0.1, 0.15) is 22.9 Å². The zero-order valence-electron chi connectivity index (χ0n) is 36.3. The van der Waals surface area contributed by atoms with E-state index < -0.39 is 40.9 Å². The van der Waals surface area contributed by atoms with Crippen molar-refractivity contribution in [1.29, 1.82) is 0 Å². The third-order valence-corrected chi connectivity index (χ3v) is 9.61. The molecule has 22 nitrogen and oxygen atoms in total. The van der Waals surface area contributed by atoms with Crippen LogP contribution in [0.2, 0.25) is 0 Å². The third-order valence-electron chi connectivity index (χ3n) is 9.61. The second-order valence-electron chi connectivity index (χ2n) is 15.8. The minimum atomic E-state index is -0.600. The molecule has 0 radical (unpaired) electrons. The van der Waals surface area contributed by atoms with E-state index in [-0.39, 0.29) is 85.3 Å². The van der Waals surface area contributed by atoms with Gasteiger partial charge in [-0.05, 0) is 24.3 Å². The highest BCUT2D eigenvalue weighted by Crippen LogP contribution is 2.19. The maximum atomic E-state index is 13.1. The van der Waals surface area contributed by atoms with E-state index in [0.29, 0.717) is 17.1 Å². The summed E-state index contributed by atoms with van der Waals surface area (Å²) in [4.78, 5) is 110. The number of nitrogens with one attached hydrogen (secondary N) is 7. The zero-order valence-corrected chi connectivity index (χ0v) is 36.3. The number of carbonyl (C=O) groups excluding carboxylic acids is 8. The Morgan fingerprint density at radius 1 is 0.508 bits per heavy atom. The molecule has 0 saturated heterocycles. The fraction of sp³-hybridized carbons (Fsp3) is 0.366. The van der Waals surface area contributed by atoms with Crippen molar-refractivity contribution in [3.63, 3.8) is 0 Å². The molecule has 22 heteroatoms. The molecule has 5 aromatic heterocycles. The molecule has 0 atom stereocenters. The largest absolute Gasteiger partial charge is 0.350 e. The van der Waals surface area contributed by atoms with Crippen LogP contribution in [0.1, 0.15) is 92.7 Å². The first-order valence-electron chi connectivity index (χ1n) is 19.8. The molecule has 0 aliphatic rings. The van der Waals surface area contributed by atoms with Gasteiger partial charge in [-0.15, -0.1) is 0 Å². The summed E-state index contributed by atoms with van der Waals surface area (Å²) in [6, 6.07) is 6.32. The Hall–Kier alpha value is -7.78. The number of ketones is 1. The molecule has 7 amide bonds. The molecular weight excluding hydrogens is 817 g/mol. The smallest absolute Gasteiger partial charge is 0.291 e. The number of Topliss-reactive ketones (excluding diaryl/α,β-unsaturated/α-hetero) is 1. The number of hydrogen-bond acceptors (Lipinski definition) is 10. The van der Waals surface area contributed by atoms with E-state index in [0.717, 1.165) is 0 Å². The first-order valence-corrected chi connectivity index (χ1v) is 19.8. The number of carbonyl (C=O) groups is 8. The first-order chi connectivity index (χ1) is 29.7. The second kappa shape index (κ2) is 19.7. The molecule has 0 spiro atoms. The predicted molar refractivity (Wildman–Crippen MR) is 231 cm³/mol. The van der Waals surface area contributed by atoms with E-state index in [1.165, 1.54) is 49.0 Å². The summed E-state index contributed by atoms with van der Waals surface area (Å²) >= 11 is 0. The molecule has 0 aromatic carbocycles. The Morgan fingerprint density at radius 3 is 1.54 bits per heavy atom. The van der Waals surface area contributed by atoms with Crippen LogP contribution in [-0.4, -0.2) is 99.6 Å². The van der Waals surface area contributed by atoms with Gasteiger partial charge in [0, 0.05) is 111 Å². The van der Waals surface area contributed by atoms with Gasteiger partial charge in [0.05, 0.1) is 11.4 Å². The van der Waals surface area contributed by atoms with Gasteiger partial charge in [0.25, 0.3) is 29.5 Å². The van der Waals surface area contributed by atoms with Crippen molar-refractivity contribution >= 4 is 70.1 Å². The lowest BCUT2D eigenvalue weighted by Gasteiger charge is -2.16. The standard InChI is InChI=1S/C41H52N14O8/c1-41(2,3)29(56)11-14-44-39(62)34-49-31(23-54(34)7)50-38(61)28-18-24(20-53(28)6)45-32(57)12-15-43-37(60)27-19-25(21-52(27)5)46-40(63)35-48-30(22-55(35)8)47-33(58)13-16-42-36(59)26-10-9-17-51(26)4/h9-10,17-23H,11-16H2,1-8H3,(H,42,59)(H,43,60)(H,44,62)(H,45,57)(H,46,63)(H,47,58)(H,50,61). The lowest BCUT2D eigenvalue weighted by atomic mass is 9.89. The van der Waals surface area contributed by atoms with Crippen LogP contribution in [-0.2, 0) is 49.6 Å². The van der Waals surface area contributed by atoms with Gasteiger partial charge >= 0.3 is 0 Å². The maximum Gasteiger partial charge on any atom is 0.291 e. The monoisotopic (exact) mass is 868 g/mol. The number of aromatic nitrogens is 7. The Labute approximate surface area is 362 Å². The minimum Gasteiger partial charge on any atom is -0.350 e. The molecule has 0 aliphatic heterocycles. The molecule has 0 bridgehead atoms. The molecule has 0 aliphatic carbocycles. The summed E-state index contributed by atoms with van der Waals surface area (Å²) < 4.78 is 7.55. The Bertz CT molecular complexity index is 2560. The molecular formula is C41H52N14O8. The summed E-state index contributed by atoms with van der Waals surface area (Å²) in [5, 5.41) is 18.7. The van der Waals surface area contributed by atoms with E-state index in [1.54, 1.807) is 64.3 Å². The van der Waals surface area contributed by atoms with Crippen LogP contribution in [0.5, 0.6) is 0 Å². The van der Waals surface area contributed by atoms with Crippen molar-refractivity contribution in [2.75, 3.05) is 40.9 Å². The van der Waals surface area contributed by atoms with Crippen molar-refractivity contribution in [3.8, 4) is 0 Å². The van der Waals surface area contributed by atoms with Gasteiger partial charge in [0.15, 0.2) is 11.6 Å². The molecule has 0 saturated carbocycles. The first kappa shape index (κ1) is 46.3. The number of rotatable bonds is 18. The van der Waals surface area contributed by atoms with Crippen LogP contribution in [0.4, 0.5) is 23.0 Å². The number of hydrogen-bond donors (Lipinski definition) is 7. The quantitative estimate of drug-likeness (QED) is 0.0673. The van der Waals surface area contributed by atoms with Crippen molar-refractivity contribution in [3.05, 3.63) is 84.0 Å². The Morgan fingerprint density at radius 2 is 0.984 bits per heavy atom. The van der Waals surface area contributed by atoms with Crippen LogP contribution in [0.15, 0.2) is 55.2 Å². The lowest BCUT2D eigenvalue weighted by molar-refractivity contribution is -0.126. The second-order valence-corrected chi connectivity index (χ2v) is 15.8. The van der Waals surface area contributed by atoms with E-state index >= 15 is 0 Å². The van der Waals surface area contributed by atoms with Crippen LogP contribution in [0, 0.1) is 5.41 Å². The van der Waals surface area contributed by atoms with Gasteiger partial charge in [-0.25, -0.2) is 9.97 Å². The van der Waals surface area contributed by atoms with E-state index in [4.69, 9.17) is 0 Å². The average molecular weight is 869 g/mol. The van der Waals surface area contributed by atoms with Crippen LogP contribution >= 0.6 is 0 Å². The van der Waals surface area contributed by atoms with Gasteiger partial charge in [-0.2, -0.15) is 0 Å². The molecule has 5 aromatic rings. The normalized spacial score (nSPS) is 11.1. The molecule has 7 N–H and O–H groups in total. The number of anilines is 4. The lowest BCUT2D eigenvalue weighted by Crippen LogP contribution is -2.31. The summed E-state index contributed by atoms with van der Waals surface area (Å²) in [5.41, 5.74) is 0.963. The highest BCUT2D eigenvalue weighted by molar-refractivity contribution is 6.05. The SMILES string of the molecule is Cn1cc(NC(=O)c2nc(NC(=O)CCNC(=O)c3cccn3C)cn2C)cc1C(=O)NCCC(=O)Nc1cc(C(=O)Nc2cn(C)c(C(=O)NCCC(=O)C(C)(C)C)n2)n(C)c1. The predicted octanol–water partition coefficient (Wildman–Crippen LogP) is 1.93. The van der Waals surface area contributed by atoms with Gasteiger partial charge in [-0.1, -0.05) is 20.8 Å². The molecule has 0 fully saturated rings. The van der Waals surface area contributed by atoms with E-state index in [2.05, 4.69) is 47.2 Å². The van der Waals surface area contributed by atoms with Gasteiger partial charge in [-0.3, -0.25) is 38.4 Å². The summed E-state index contributed by atoms with van der Waals surface area (Å²) in [6.45, 7) is 5.64. The topological polar surface area (TPSA) is 271 Å². The fourth-order valence-corrected chi connectivity index (χ4v) is 6.19.